The van der Waals surface area contributed by atoms with Crippen molar-refractivity contribution in [2.45, 2.75) is 39.0 Å². The van der Waals surface area contributed by atoms with E-state index in [4.69, 9.17) is 15.1 Å². The molecule has 2 unspecified atom stereocenters. The molecule has 1 rings (SSSR count). The first-order valence-corrected chi connectivity index (χ1v) is 6.81. The van der Waals surface area contributed by atoms with Gasteiger partial charge in [0.15, 0.2) is 0 Å². The summed E-state index contributed by atoms with van der Waals surface area (Å²) in [6.07, 6.45) is 7.25. The number of rotatable bonds is 8. The summed E-state index contributed by atoms with van der Waals surface area (Å²) in [6.45, 7) is 1.56. The highest BCUT2D eigenvalue weighted by molar-refractivity contribution is 5.89. The molecular formula is C14H21NO5. The zero-order valence-corrected chi connectivity index (χ0v) is 11.6. The molecule has 1 fully saturated rings. The van der Waals surface area contributed by atoms with Crippen molar-refractivity contribution in [1.29, 1.82) is 0 Å². The highest BCUT2D eigenvalue weighted by atomic mass is 16.6. The molecule has 0 amide bonds. The quantitative estimate of drug-likeness (QED) is 0.526. The van der Waals surface area contributed by atoms with Gasteiger partial charge in [0.2, 0.25) is 6.61 Å². The Labute approximate surface area is 118 Å². The van der Waals surface area contributed by atoms with E-state index >= 15 is 0 Å². The minimum atomic E-state index is -1.07. The zero-order valence-electron chi connectivity index (χ0n) is 11.6. The number of hydrogen-bond donors (Lipinski definition) is 2. The SMILES string of the molecule is CC/C=C/CC1/C(=N/OCC(=O)O)CCC1CC(=O)O. The maximum absolute atomic E-state index is 10.9. The molecule has 6 nitrogen and oxygen atoms in total. The van der Waals surface area contributed by atoms with Gasteiger partial charge in [-0.25, -0.2) is 4.79 Å². The predicted octanol–water partition coefficient (Wildman–Crippen LogP) is 2.30. The van der Waals surface area contributed by atoms with E-state index < -0.39 is 18.5 Å². The van der Waals surface area contributed by atoms with E-state index in [9.17, 15) is 9.59 Å². The van der Waals surface area contributed by atoms with Gasteiger partial charge >= 0.3 is 11.9 Å². The zero-order chi connectivity index (χ0) is 15.0. The standard InChI is InChI=1S/C14H21NO5/c1-2-3-4-5-11-10(8-13(16)17)6-7-12(11)15-20-9-14(18)19/h3-4,10-11H,2,5-9H2,1H3,(H,16,17)(H,18,19)/b4-3+,15-12+. The van der Waals surface area contributed by atoms with E-state index in [2.05, 4.69) is 5.16 Å². The van der Waals surface area contributed by atoms with Crippen molar-refractivity contribution in [3.63, 3.8) is 0 Å². The molecule has 0 aromatic rings. The Morgan fingerprint density at radius 3 is 2.70 bits per heavy atom. The number of nitrogens with zero attached hydrogens (tertiary/aromatic N) is 1. The molecule has 6 heteroatoms. The van der Waals surface area contributed by atoms with E-state index in [0.29, 0.717) is 6.42 Å². The van der Waals surface area contributed by atoms with Crippen LogP contribution < -0.4 is 0 Å². The molecule has 1 saturated carbocycles. The molecule has 0 aromatic carbocycles. The Balaban J connectivity index is 2.68. The number of carboxylic acids is 2. The number of allylic oxidation sites excluding steroid dienone is 2. The van der Waals surface area contributed by atoms with Gasteiger partial charge in [-0.2, -0.15) is 0 Å². The molecule has 0 radical (unpaired) electrons. The van der Waals surface area contributed by atoms with Crippen LogP contribution in [-0.2, 0) is 14.4 Å². The van der Waals surface area contributed by atoms with Gasteiger partial charge in [-0.05, 0) is 31.6 Å². The Morgan fingerprint density at radius 1 is 1.35 bits per heavy atom. The van der Waals surface area contributed by atoms with Gasteiger partial charge in [0, 0.05) is 12.3 Å². The lowest BCUT2D eigenvalue weighted by Gasteiger charge is -2.16. The summed E-state index contributed by atoms with van der Waals surface area (Å²) >= 11 is 0. The molecule has 0 bridgehead atoms. The van der Waals surface area contributed by atoms with Gasteiger partial charge in [-0.3, -0.25) is 4.79 Å². The smallest absolute Gasteiger partial charge is 0.344 e. The van der Waals surface area contributed by atoms with Crippen LogP contribution in [0.4, 0.5) is 0 Å². The van der Waals surface area contributed by atoms with Crippen molar-refractivity contribution in [2.24, 2.45) is 17.0 Å². The molecule has 112 valence electrons. The highest BCUT2D eigenvalue weighted by Gasteiger charge is 2.34. The average Bonchev–Trinajstić information content (AvgIpc) is 2.72. The Bertz CT molecular complexity index is 402. The summed E-state index contributed by atoms with van der Waals surface area (Å²) in [4.78, 5) is 26.1. The largest absolute Gasteiger partial charge is 0.481 e. The van der Waals surface area contributed by atoms with Crippen molar-refractivity contribution >= 4 is 17.7 Å². The summed E-state index contributed by atoms with van der Waals surface area (Å²) in [6, 6.07) is 0. The van der Waals surface area contributed by atoms with E-state index in [1.54, 1.807) is 0 Å². The first-order valence-electron chi connectivity index (χ1n) is 6.81. The maximum atomic E-state index is 10.9. The molecule has 1 aliphatic carbocycles. The van der Waals surface area contributed by atoms with Crippen LogP contribution in [0.1, 0.15) is 39.0 Å². The summed E-state index contributed by atoms with van der Waals surface area (Å²) in [5, 5.41) is 21.3. The minimum absolute atomic E-state index is 0.0303. The van der Waals surface area contributed by atoms with Crippen molar-refractivity contribution in [3.8, 4) is 0 Å². The third-order valence-corrected chi connectivity index (χ3v) is 3.37. The summed E-state index contributed by atoms with van der Waals surface area (Å²) in [5.74, 6) is -1.81. The maximum Gasteiger partial charge on any atom is 0.344 e. The van der Waals surface area contributed by atoms with E-state index in [1.165, 1.54) is 0 Å². The predicted molar refractivity (Wildman–Crippen MR) is 73.5 cm³/mol. The van der Waals surface area contributed by atoms with Gasteiger partial charge in [-0.15, -0.1) is 0 Å². The van der Waals surface area contributed by atoms with Crippen LogP contribution in [0, 0.1) is 11.8 Å². The van der Waals surface area contributed by atoms with Crippen LogP contribution in [0.25, 0.3) is 0 Å². The van der Waals surface area contributed by atoms with Gasteiger partial charge in [0.25, 0.3) is 0 Å². The second-order valence-electron chi connectivity index (χ2n) is 4.87. The fourth-order valence-electron chi connectivity index (χ4n) is 2.48. The second-order valence-corrected chi connectivity index (χ2v) is 4.87. The molecule has 20 heavy (non-hydrogen) atoms. The molecule has 2 N–H and O–H groups in total. The molecule has 0 aliphatic heterocycles. The summed E-state index contributed by atoms with van der Waals surface area (Å²) in [7, 11) is 0. The minimum Gasteiger partial charge on any atom is -0.481 e. The summed E-state index contributed by atoms with van der Waals surface area (Å²) < 4.78 is 0. The van der Waals surface area contributed by atoms with Gasteiger partial charge < -0.3 is 15.1 Å². The normalized spacial score (nSPS) is 24.4. The first kappa shape index (κ1) is 16.2. The number of oxime groups is 1. The molecule has 0 heterocycles. The van der Waals surface area contributed by atoms with Crippen molar-refractivity contribution < 1.29 is 24.6 Å². The third-order valence-electron chi connectivity index (χ3n) is 3.37. The number of aliphatic carboxylic acids is 2. The van der Waals surface area contributed by atoms with Crippen LogP contribution in [-0.4, -0.2) is 34.5 Å². The van der Waals surface area contributed by atoms with Crippen molar-refractivity contribution in [3.05, 3.63) is 12.2 Å². The van der Waals surface area contributed by atoms with Gasteiger partial charge in [0.05, 0.1) is 5.71 Å². The second kappa shape index (κ2) is 8.35. The Hall–Kier alpha value is -1.85. The molecule has 0 saturated heterocycles. The lowest BCUT2D eigenvalue weighted by molar-refractivity contribution is -0.142. The number of carbonyl (C=O) groups is 2. The lowest BCUT2D eigenvalue weighted by atomic mass is 9.89. The van der Waals surface area contributed by atoms with Crippen molar-refractivity contribution in [1.82, 2.24) is 0 Å². The Morgan fingerprint density at radius 2 is 2.10 bits per heavy atom. The first-order chi connectivity index (χ1) is 9.54. The molecule has 1 aliphatic rings. The average molecular weight is 283 g/mol. The van der Waals surface area contributed by atoms with E-state index in [-0.39, 0.29) is 18.3 Å². The fourth-order valence-corrected chi connectivity index (χ4v) is 2.48. The van der Waals surface area contributed by atoms with Crippen molar-refractivity contribution in [2.75, 3.05) is 6.61 Å². The Kier molecular flexibility index (Phi) is 6.76. The van der Waals surface area contributed by atoms with Gasteiger partial charge in [0.1, 0.15) is 0 Å². The van der Waals surface area contributed by atoms with Gasteiger partial charge in [-0.1, -0.05) is 24.2 Å². The number of carboxylic acid groups (broad SMARTS) is 2. The third kappa shape index (κ3) is 5.42. The summed E-state index contributed by atoms with van der Waals surface area (Å²) in [5.41, 5.74) is 0.776. The van der Waals surface area contributed by atoms with Crippen LogP contribution in [0.5, 0.6) is 0 Å². The molecule has 0 aromatic heterocycles. The molecule has 0 spiro atoms. The van der Waals surface area contributed by atoms with Crippen LogP contribution in [0.2, 0.25) is 0 Å². The number of hydrogen-bond acceptors (Lipinski definition) is 4. The monoisotopic (exact) mass is 283 g/mol. The topological polar surface area (TPSA) is 96.2 Å². The van der Waals surface area contributed by atoms with Crippen LogP contribution in [0.3, 0.4) is 0 Å². The lowest BCUT2D eigenvalue weighted by Crippen LogP contribution is -2.18. The van der Waals surface area contributed by atoms with Crippen LogP contribution in [0.15, 0.2) is 17.3 Å². The molecule has 2 atom stereocenters. The fraction of sp³-hybridized carbons (Fsp3) is 0.643. The van der Waals surface area contributed by atoms with Crippen LogP contribution >= 0.6 is 0 Å². The van der Waals surface area contributed by atoms with E-state index in [0.717, 1.165) is 25.0 Å². The van der Waals surface area contributed by atoms with E-state index in [1.807, 2.05) is 19.1 Å². The molecular weight excluding hydrogens is 262 g/mol. The highest BCUT2D eigenvalue weighted by Crippen LogP contribution is 2.35.